The van der Waals surface area contributed by atoms with E-state index in [9.17, 15) is 0 Å². The van der Waals surface area contributed by atoms with Crippen LogP contribution in [0, 0.1) is 0 Å². The Morgan fingerprint density at radius 2 is 1.70 bits per heavy atom. The van der Waals surface area contributed by atoms with E-state index < -0.39 is 0 Å². The van der Waals surface area contributed by atoms with Crippen molar-refractivity contribution in [1.82, 2.24) is 10.6 Å². The second-order valence-corrected chi connectivity index (χ2v) is 6.55. The summed E-state index contributed by atoms with van der Waals surface area (Å²) >= 11 is 0. The van der Waals surface area contributed by atoms with Gasteiger partial charge in [-0.2, -0.15) is 0 Å². The number of hydrogen-bond donors (Lipinski definition) is 2. The van der Waals surface area contributed by atoms with Gasteiger partial charge in [-0.15, -0.1) is 0 Å². The van der Waals surface area contributed by atoms with Gasteiger partial charge in [0.05, 0.1) is 0 Å². The van der Waals surface area contributed by atoms with Crippen LogP contribution in [-0.2, 0) is 6.54 Å². The van der Waals surface area contributed by atoms with Crippen molar-refractivity contribution in [2.24, 2.45) is 0 Å². The van der Waals surface area contributed by atoms with Crippen molar-refractivity contribution in [3.8, 4) is 0 Å². The van der Waals surface area contributed by atoms with Gasteiger partial charge in [0.25, 0.3) is 0 Å². The molecule has 2 nitrogen and oxygen atoms in total. The molecule has 0 amide bonds. The lowest BCUT2D eigenvalue weighted by Crippen LogP contribution is -2.44. The third-order valence-electron chi connectivity index (χ3n) is 3.46. The van der Waals surface area contributed by atoms with Gasteiger partial charge in [0.2, 0.25) is 0 Å². The molecule has 2 heteroatoms. The second kappa shape index (κ2) is 6.38. The van der Waals surface area contributed by atoms with E-state index in [1.54, 1.807) is 0 Å². The van der Waals surface area contributed by atoms with Gasteiger partial charge in [-0.05, 0) is 44.0 Å². The number of nitrogens with one attached hydrogen (secondary N) is 2. The third-order valence-corrected chi connectivity index (χ3v) is 3.46. The quantitative estimate of drug-likeness (QED) is 0.865. The molecule has 0 aromatic heterocycles. The predicted molar refractivity (Wildman–Crippen MR) is 88.0 cm³/mol. The molecule has 0 fully saturated rings. The maximum atomic E-state index is 3.60. The maximum absolute atomic E-state index is 3.60. The average Bonchev–Trinajstić information content (AvgIpc) is 2.42. The summed E-state index contributed by atoms with van der Waals surface area (Å²) in [7, 11) is 0. The fourth-order valence-electron chi connectivity index (χ4n) is 2.26. The van der Waals surface area contributed by atoms with Gasteiger partial charge in [-0.1, -0.05) is 42.5 Å². The van der Waals surface area contributed by atoms with Gasteiger partial charge in [0.1, 0.15) is 0 Å². The van der Waals surface area contributed by atoms with Gasteiger partial charge >= 0.3 is 0 Å². The molecule has 0 saturated carbocycles. The van der Waals surface area contributed by atoms with Crippen LogP contribution in [0.4, 0.5) is 0 Å². The van der Waals surface area contributed by atoms with Crippen molar-refractivity contribution in [2.45, 2.75) is 45.8 Å². The molecule has 2 aromatic carbocycles. The first-order valence-corrected chi connectivity index (χ1v) is 7.41. The van der Waals surface area contributed by atoms with E-state index in [0.29, 0.717) is 6.04 Å². The first kappa shape index (κ1) is 15.0. The Labute approximate surface area is 122 Å². The minimum Gasteiger partial charge on any atom is -0.311 e. The molecule has 108 valence electrons. The van der Waals surface area contributed by atoms with Crippen LogP contribution >= 0.6 is 0 Å². The third kappa shape index (κ3) is 4.32. The summed E-state index contributed by atoms with van der Waals surface area (Å²) in [6, 6.07) is 15.5. The Morgan fingerprint density at radius 1 is 1.00 bits per heavy atom. The highest BCUT2D eigenvalue weighted by Gasteiger charge is 2.10. The molecule has 20 heavy (non-hydrogen) atoms. The van der Waals surface area contributed by atoms with Crippen molar-refractivity contribution in [2.75, 3.05) is 6.54 Å². The van der Waals surface area contributed by atoms with Gasteiger partial charge in [-0.3, -0.25) is 0 Å². The van der Waals surface area contributed by atoms with Crippen LogP contribution in [0.15, 0.2) is 42.5 Å². The van der Waals surface area contributed by atoms with E-state index in [1.165, 1.54) is 16.3 Å². The zero-order valence-corrected chi connectivity index (χ0v) is 13.0. The van der Waals surface area contributed by atoms with E-state index in [4.69, 9.17) is 0 Å². The molecule has 0 bridgehead atoms. The summed E-state index contributed by atoms with van der Waals surface area (Å²) in [5.41, 5.74) is 1.54. The molecule has 0 aliphatic heterocycles. The minimum absolute atomic E-state index is 0.176. The molecule has 0 aliphatic rings. The molecule has 0 spiro atoms. The largest absolute Gasteiger partial charge is 0.311 e. The second-order valence-electron chi connectivity index (χ2n) is 6.55. The summed E-state index contributed by atoms with van der Waals surface area (Å²) in [5.74, 6) is 0. The molecule has 0 aliphatic carbocycles. The lowest BCUT2D eigenvalue weighted by atomic mass is 10.0. The van der Waals surface area contributed by atoms with E-state index >= 15 is 0 Å². The fourth-order valence-corrected chi connectivity index (χ4v) is 2.26. The standard InChI is InChI=1S/C18H26N2/c1-14(12-20-18(2,3)4)19-13-16-10-7-9-15-8-5-6-11-17(15)16/h5-11,14,19-20H,12-13H2,1-4H3. The Bertz CT molecular complexity index is 549. The van der Waals surface area contributed by atoms with Crippen LogP contribution in [0.2, 0.25) is 0 Å². The van der Waals surface area contributed by atoms with E-state index in [1.807, 2.05) is 0 Å². The van der Waals surface area contributed by atoms with Crippen molar-refractivity contribution < 1.29 is 0 Å². The molecular formula is C18H26N2. The van der Waals surface area contributed by atoms with E-state index in [2.05, 4.69) is 80.8 Å². The van der Waals surface area contributed by atoms with Crippen LogP contribution in [-0.4, -0.2) is 18.1 Å². The minimum atomic E-state index is 0.176. The zero-order valence-electron chi connectivity index (χ0n) is 13.0. The number of hydrogen-bond acceptors (Lipinski definition) is 2. The van der Waals surface area contributed by atoms with Crippen LogP contribution in [0.1, 0.15) is 33.3 Å². The van der Waals surface area contributed by atoms with Crippen molar-refractivity contribution in [1.29, 1.82) is 0 Å². The van der Waals surface area contributed by atoms with Gasteiger partial charge in [0.15, 0.2) is 0 Å². The normalized spacial score (nSPS) is 13.6. The van der Waals surface area contributed by atoms with Crippen LogP contribution in [0.5, 0.6) is 0 Å². The van der Waals surface area contributed by atoms with Gasteiger partial charge in [0, 0.05) is 24.7 Å². The average molecular weight is 270 g/mol. The Kier molecular flexibility index (Phi) is 4.79. The highest BCUT2D eigenvalue weighted by molar-refractivity contribution is 5.85. The van der Waals surface area contributed by atoms with Crippen LogP contribution in [0.3, 0.4) is 0 Å². The maximum Gasteiger partial charge on any atom is 0.0214 e. The molecule has 1 unspecified atom stereocenters. The van der Waals surface area contributed by atoms with Crippen molar-refractivity contribution in [3.05, 3.63) is 48.0 Å². The summed E-state index contributed by atoms with van der Waals surface area (Å²) in [4.78, 5) is 0. The zero-order chi connectivity index (χ0) is 14.6. The van der Waals surface area contributed by atoms with E-state index in [0.717, 1.165) is 13.1 Å². The van der Waals surface area contributed by atoms with E-state index in [-0.39, 0.29) is 5.54 Å². The molecule has 2 aromatic rings. The Hall–Kier alpha value is -1.38. The summed E-state index contributed by atoms with van der Waals surface area (Å²) in [6.45, 7) is 10.7. The Morgan fingerprint density at radius 3 is 2.45 bits per heavy atom. The topological polar surface area (TPSA) is 24.1 Å². The lowest BCUT2D eigenvalue weighted by molar-refractivity contribution is 0.387. The van der Waals surface area contributed by atoms with Crippen molar-refractivity contribution in [3.63, 3.8) is 0 Å². The number of fused-ring (bicyclic) bond motifs is 1. The molecule has 0 heterocycles. The molecule has 2 rings (SSSR count). The fraction of sp³-hybridized carbons (Fsp3) is 0.444. The van der Waals surface area contributed by atoms with Crippen molar-refractivity contribution >= 4 is 10.8 Å². The predicted octanol–water partition coefficient (Wildman–Crippen LogP) is 3.71. The number of rotatable bonds is 5. The summed E-state index contributed by atoms with van der Waals surface area (Å²) in [6.07, 6.45) is 0. The van der Waals surface area contributed by atoms with Crippen LogP contribution < -0.4 is 10.6 Å². The number of benzene rings is 2. The highest BCUT2D eigenvalue weighted by atomic mass is 15.0. The van der Waals surface area contributed by atoms with Gasteiger partial charge in [-0.25, -0.2) is 0 Å². The molecular weight excluding hydrogens is 244 g/mol. The molecule has 2 N–H and O–H groups in total. The van der Waals surface area contributed by atoms with Crippen LogP contribution in [0.25, 0.3) is 10.8 Å². The summed E-state index contributed by atoms with van der Waals surface area (Å²) in [5, 5.41) is 9.79. The Balaban J connectivity index is 1.96. The first-order chi connectivity index (χ1) is 9.46. The SMILES string of the molecule is CC(CNC(C)(C)C)NCc1cccc2ccccc12. The highest BCUT2D eigenvalue weighted by Crippen LogP contribution is 2.18. The molecule has 1 atom stereocenters. The van der Waals surface area contributed by atoms with Gasteiger partial charge < -0.3 is 10.6 Å². The monoisotopic (exact) mass is 270 g/mol. The summed E-state index contributed by atoms with van der Waals surface area (Å²) < 4.78 is 0. The molecule has 0 saturated heterocycles. The molecule has 0 radical (unpaired) electrons. The first-order valence-electron chi connectivity index (χ1n) is 7.41. The smallest absolute Gasteiger partial charge is 0.0214 e. The lowest BCUT2D eigenvalue weighted by Gasteiger charge is -2.24.